The van der Waals surface area contributed by atoms with Crippen LogP contribution in [0.2, 0.25) is 5.02 Å². The molecule has 0 saturated heterocycles. The van der Waals surface area contributed by atoms with Crippen LogP contribution in [-0.2, 0) is 0 Å². The fourth-order valence-electron chi connectivity index (χ4n) is 1.54. The van der Waals surface area contributed by atoms with Gasteiger partial charge in [-0.1, -0.05) is 17.7 Å². The second-order valence-corrected chi connectivity index (χ2v) is 4.08. The lowest BCUT2D eigenvalue weighted by Crippen LogP contribution is -2.15. The molecule has 0 radical (unpaired) electrons. The number of halogens is 1. The van der Waals surface area contributed by atoms with Gasteiger partial charge in [-0.25, -0.2) is 0 Å². The molecule has 1 aromatic carbocycles. The van der Waals surface area contributed by atoms with Gasteiger partial charge in [0.2, 0.25) is 0 Å². The normalized spacial score (nSPS) is 15.1. The standard InChI is InChI=1S/C12H13ClO3/c1-8(7-14)4-9-5-10(13)12-11(6-9)15-2-3-16-12/h4-6,14H,2-3,7H2,1H3. The molecule has 16 heavy (non-hydrogen) atoms. The van der Waals surface area contributed by atoms with Crippen molar-refractivity contribution in [2.45, 2.75) is 6.92 Å². The van der Waals surface area contributed by atoms with E-state index in [2.05, 4.69) is 0 Å². The number of aliphatic hydroxyl groups excluding tert-OH is 1. The largest absolute Gasteiger partial charge is 0.486 e. The minimum Gasteiger partial charge on any atom is -0.486 e. The van der Waals surface area contributed by atoms with Crippen molar-refractivity contribution in [3.05, 3.63) is 28.3 Å². The zero-order valence-corrected chi connectivity index (χ0v) is 9.75. The number of ether oxygens (including phenoxy) is 2. The average molecular weight is 241 g/mol. The summed E-state index contributed by atoms with van der Waals surface area (Å²) in [7, 11) is 0. The van der Waals surface area contributed by atoms with Crippen LogP contribution in [0, 0.1) is 0 Å². The molecule has 0 saturated carbocycles. The highest BCUT2D eigenvalue weighted by molar-refractivity contribution is 6.32. The number of hydrogen-bond donors (Lipinski definition) is 1. The Balaban J connectivity index is 2.39. The zero-order chi connectivity index (χ0) is 11.5. The lowest BCUT2D eigenvalue weighted by Gasteiger charge is -2.19. The Morgan fingerprint density at radius 3 is 2.94 bits per heavy atom. The summed E-state index contributed by atoms with van der Waals surface area (Å²) >= 11 is 6.08. The van der Waals surface area contributed by atoms with Crippen molar-refractivity contribution in [1.82, 2.24) is 0 Å². The summed E-state index contributed by atoms with van der Waals surface area (Å²) in [5.74, 6) is 1.27. The van der Waals surface area contributed by atoms with E-state index in [0.717, 1.165) is 11.1 Å². The third-order valence-electron chi connectivity index (χ3n) is 2.28. The molecule has 0 atom stereocenters. The highest BCUT2D eigenvalue weighted by Crippen LogP contribution is 2.38. The molecule has 1 aliphatic heterocycles. The number of hydrogen-bond acceptors (Lipinski definition) is 3. The third kappa shape index (κ3) is 2.31. The summed E-state index contributed by atoms with van der Waals surface area (Å²) in [5, 5.41) is 9.48. The molecule has 1 heterocycles. The Morgan fingerprint density at radius 1 is 1.44 bits per heavy atom. The van der Waals surface area contributed by atoms with Crippen LogP contribution in [-0.4, -0.2) is 24.9 Å². The highest BCUT2D eigenvalue weighted by Gasteiger charge is 2.15. The average Bonchev–Trinajstić information content (AvgIpc) is 2.29. The summed E-state index contributed by atoms with van der Waals surface area (Å²) in [5.41, 5.74) is 1.77. The van der Waals surface area contributed by atoms with Gasteiger partial charge >= 0.3 is 0 Å². The van der Waals surface area contributed by atoms with Gasteiger partial charge in [-0.3, -0.25) is 0 Å². The topological polar surface area (TPSA) is 38.7 Å². The molecule has 0 aliphatic carbocycles. The van der Waals surface area contributed by atoms with E-state index in [1.54, 1.807) is 6.07 Å². The highest BCUT2D eigenvalue weighted by atomic mass is 35.5. The quantitative estimate of drug-likeness (QED) is 0.863. The fourth-order valence-corrected chi connectivity index (χ4v) is 1.82. The second-order valence-electron chi connectivity index (χ2n) is 3.68. The Bertz CT molecular complexity index is 427. The van der Waals surface area contributed by atoms with E-state index in [9.17, 15) is 0 Å². The first kappa shape index (κ1) is 11.3. The lowest BCUT2D eigenvalue weighted by atomic mass is 10.1. The van der Waals surface area contributed by atoms with Gasteiger partial charge in [-0.2, -0.15) is 0 Å². The lowest BCUT2D eigenvalue weighted by molar-refractivity contribution is 0.171. The van der Waals surface area contributed by atoms with Crippen molar-refractivity contribution in [1.29, 1.82) is 0 Å². The maximum Gasteiger partial charge on any atom is 0.179 e. The van der Waals surface area contributed by atoms with E-state index in [4.69, 9.17) is 26.2 Å². The molecule has 0 spiro atoms. The van der Waals surface area contributed by atoms with Crippen molar-refractivity contribution in [2.24, 2.45) is 0 Å². The van der Waals surface area contributed by atoms with Gasteiger partial charge in [0.25, 0.3) is 0 Å². The molecular formula is C12H13ClO3. The molecule has 0 aromatic heterocycles. The molecule has 3 nitrogen and oxygen atoms in total. The van der Waals surface area contributed by atoms with E-state index >= 15 is 0 Å². The Kier molecular flexibility index (Phi) is 3.36. The van der Waals surface area contributed by atoms with Crippen molar-refractivity contribution in [3.63, 3.8) is 0 Å². The maximum atomic E-state index is 8.95. The summed E-state index contributed by atoms with van der Waals surface area (Å²) < 4.78 is 10.9. The second kappa shape index (κ2) is 4.76. The first-order chi connectivity index (χ1) is 7.70. The smallest absolute Gasteiger partial charge is 0.179 e. The van der Waals surface area contributed by atoms with Gasteiger partial charge in [-0.05, 0) is 30.2 Å². The Labute approximate surface area is 99.3 Å². The monoisotopic (exact) mass is 240 g/mol. The third-order valence-corrected chi connectivity index (χ3v) is 2.56. The maximum absolute atomic E-state index is 8.95. The SMILES string of the molecule is CC(=Cc1cc(Cl)c2c(c1)OCCO2)CO. The van der Waals surface area contributed by atoms with Crippen molar-refractivity contribution in [3.8, 4) is 11.5 Å². The van der Waals surface area contributed by atoms with Gasteiger partial charge in [-0.15, -0.1) is 0 Å². The molecule has 0 unspecified atom stereocenters. The molecule has 0 amide bonds. The van der Waals surface area contributed by atoms with Crippen molar-refractivity contribution in [2.75, 3.05) is 19.8 Å². The van der Waals surface area contributed by atoms with Crippen LogP contribution in [0.1, 0.15) is 12.5 Å². The van der Waals surface area contributed by atoms with Crippen LogP contribution in [0.15, 0.2) is 17.7 Å². The van der Waals surface area contributed by atoms with Crippen LogP contribution in [0.5, 0.6) is 11.5 Å². The van der Waals surface area contributed by atoms with Gasteiger partial charge in [0, 0.05) is 0 Å². The molecule has 0 fully saturated rings. The number of aliphatic hydroxyl groups is 1. The molecule has 0 bridgehead atoms. The van der Waals surface area contributed by atoms with Crippen molar-refractivity contribution < 1.29 is 14.6 Å². The van der Waals surface area contributed by atoms with Gasteiger partial charge in [0.15, 0.2) is 11.5 Å². The van der Waals surface area contributed by atoms with Gasteiger partial charge in [0.1, 0.15) is 13.2 Å². The fraction of sp³-hybridized carbons (Fsp3) is 0.333. The number of fused-ring (bicyclic) bond motifs is 1. The zero-order valence-electron chi connectivity index (χ0n) is 9.00. The summed E-state index contributed by atoms with van der Waals surface area (Å²) in [4.78, 5) is 0. The van der Waals surface area contributed by atoms with Gasteiger partial charge in [0.05, 0.1) is 11.6 Å². The van der Waals surface area contributed by atoms with Crippen molar-refractivity contribution >= 4 is 17.7 Å². The first-order valence-electron chi connectivity index (χ1n) is 5.08. The van der Waals surface area contributed by atoms with Crippen LogP contribution < -0.4 is 9.47 Å². The molecule has 86 valence electrons. The molecular weight excluding hydrogens is 228 g/mol. The summed E-state index contributed by atoms with van der Waals surface area (Å²) in [6.45, 7) is 2.95. The first-order valence-corrected chi connectivity index (χ1v) is 5.45. The Morgan fingerprint density at radius 2 is 2.19 bits per heavy atom. The minimum absolute atomic E-state index is 0.0338. The van der Waals surface area contributed by atoms with E-state index in [1.807, 2.05) is 19.1 Å². The van der Waals surface area contributed by atoms with E-state index < -0.39 is 0 Å². The minimum atomic E-state index is 0.0338. The number of rotatable bonds is 2. The molecule has 1 aliphatic rings. The molecule has 1 N–H and O–H groups in total. The predicted octanol–water partition coefficient (Wildman–Crippen LogP) is 2.51. The van der Waals surface area contributed by atoms with E-state index in [1.165, 1.54) is 0 Å². The van der Waals surface area contributed by atoms with Gasteiger partial charge < -0.3 is 14.6 Å². The number of benzene rings is 1. The molecule has 1 aromatic rings. The summed E-state index contributed by atoms with van der Waals surface area (Å²) in [6.07, 6.45) is 1.87. The molecule has 2 rings (SSSR count). The molecule has 4 heteroatoms. The predicted molar refractivity (Wildman–Crippen MR) is 63.2 cm³/mol. The van der Waals surface area contributed by atoms with E-state index in [0.29, 0.717) is 29.7 Å². The van der Waals surface area contributed by atoms with Crippen LogP contribution >= 0.6 is 11.6 Å². The summed E-state index contributed by atoms with van der Waals surface area (Å²) in [6, 6.07) is 3.66. The van der Waals surface area contributed by atoms with Crippen LogP contribution in [0.4, 0.5) is 0 Å². The van der Waals surface area contributed by atoms with E-state index in [-0.39, 0.29) is 6.61 Å². The van der Waals surface area contributed by atoms with Crippen LogP contribution in [0.25, 0.3) is 6.08 Å². The Hall–Kier alpha value is -1.19. The van der Waals surface area contributed by atoms with Crippen LogP contribution in [0.3, 0.4) is 0 Å².